The topological polar surface area (TPSA) is 78.3 Å². The zero-order chi connectivity index (χ0) is 12.1. The van der Waals surface area contributed by atoms with Gasteiger partial charge in [-0.1, -0.05) is 29.3 Å². The summed E-state index contributed by atoms with van der Waals surface area (Å²) < 4.78 is 4.58. The van der Waals surface area contributed by atoms with Crippen molar-refractivity contribution in [3.63, 3.8) is 0 Å². The number of rotatable bonds is 4. The molecule has 17 heavy (non-hydrogen) atoms. The van der Waals surface area contributed by atoms with Gasteiger partial charge in [0.15, 0.2) is 0 Å². The van der Waals surface area contributed by atoms with Crippen LogP contribution in [0.25, 0.3) is 0 Å². The Kier molecular flexibility index (Phi) is 7.30. The highest BCUT2D eigenvalue weighted by atomic mass is 35.5. The van der Waals surface area contributed by atoms with Crippen LogP contribution in [0.3, 0.4) is 0 Å². The van der Waals surface area contributed by atoms with E-state index in [1.807, 2.05) is 6.07 Å². The van der Waals surface area contributed by atoms with Crippen molar-refractivity contribution in [2.75, 3.05) is 6.61 Å². The molecule has 7 heteroatoms. The molecule has 1 amide bonds. The maximum absolute atomic E-state index is 10.4. The summed E-state index contributed by atoms with van der Waals surface area (Å²) in [5.74, 6) is 0. The van der Waals surface area contributed by atoms with E-state index in [0.717, 1.165) is 5.56 Å². The van der Waals surface area contributed by atoms with E-state index in [0.29, 0.717) is 16.5 Å². The van der Waals surface area contributed by atoms with Crippen LogP contribution in [-0.2, 0) is 11.2 Å². The van der Waals surface area contributed by atoms with E-state index in [4.69, 9.17) is 34.7 Å². The molecule has 0 unspecified atom stereocenters. The second-order valence-electron chi connectivity index (χ2n) is 3.34. The van der Waals surface area contributed by atoms with Gasteiger partial charge in [0, 0.05) is 6.04 Å². The van der Waals surface area contributed by atoms with Gasteiger partial charge >= 0.3 is 6.09 Å². The second-order valence-corrected chi connectivity index (χ2v) is 4.16. The van der Waals surface area contributed by atoms with Crippen LogP contribution in [0.5, 0.6) is 0 Å². The first-order chi connectivity index (χ1) is 7.49. The number of amides is 1. The van der Waals surface area contributed by atoms with Gasteiger partial charge < -0.3 is 16.2 Å². The molecule has 1 atom stereocenters. The Morgan fingerprint density at radius 1 is 1.35 bits per heavy atom. The minimum Gasteiger partial charge on any atom is -0.448 e. The normalized spacial score (nSPS) is 11.5. The fraction of sp³-hybridized carbons (Fsp3) is 0.300. The zero-order valence-corrected chi connectivity index (χ0v) is 11.2. The van der Waals surface area contributed by atoms with E-state index >= 15 is 0 Å². The van der Waals surface area contributed by atoms with Gasteiger partial charge in [0.05, 0.1) is 10.0 Å². The van der Waals surface area contributed by atoms with Crippen molar-refractivity contribution in [3.8, 4) is 0 Å². The van der Waals surface area contributed by atoms with Crippen LogP contribution in [0.1, 0.15) is 5.56 Å². The highest BCUT2D eigenvalue weighted by molar-refractivity contribution is 6.42. The number of primary amides is 1. The largest absolute Gasteiger partial charge is 0.448 e. The van der Waals surface area contributed by atoms with Crippen molar-refractivity contribution in [2.24, 2.45) is 11.5 Å². The van der Waals surface area contributed by atoms with Crippen molar-refractivity contribution in [1.82, 2.24) is 0 Å². The van der Waals surface area contributed by atoms with Crippen molar-refractivity contribution < 1.29 is 9.53 Å². The van der Waals surface area contributed by atoms with Crippen LogP contribution in [0.2, 0.25) is 10.0 Å². The average molecular weight is 300 g/mol. The number of carbonyl (C=O) groups is 1. The van der Waals surface area contributed by atoms with Crippen LogP contribution < -0.4 is 11.5 Å². The lowest BCUT2D eigenvalue weighted by atomic mass is 10.1. The lowest BCUT2D eigenvalue weighted by Gasteiger charge is -2.11. The summed E-state index contributed by atoms with van der Waals surface area (Å²) in [5, 5.41) is 0.967. The van der Waals surface area contributed by atoms with Gasteiger partial charge in [-0.25, -0.2) is 4.79 Å². The number of halogens is 3. The first kappa shape index (κ1) is 16.3. The first-order valence-corrected chi connectivity index (χ1v) is 5.36. The maximum atomic E-state index is 10.4. The Bertz CT molecular complexity index is 388. The molecule has 0 saturated carbocycles. The third kappa shape index (κ3) is 5.98. The van der Waals surface area contributed by atoms with Crippen LogP contribution in [0.4, 0.5) is 4.79 Å². The average Bonchev–Trinajstić information content (AvgIpc) is 2.21. The van der Waals surface area contributed by atoms with Gasteiger partial charge in [-0.2, -0.15) is 0 Å². The van der Waals surface area contributed by atoms with Gasteiger partial charge in [-0.15, -0.1) is 12.4 Å². The quantitative estimate of drug-likeness (QED) is 0.896. The molecular weight excluding hydrogens is 286 g/mol. The summed E-state index contributed by atoms with van der Waals surface area (Å²) in [6.45, 7) is 0.0789. The van der Waals surface area contributed by atoms with E-state index in [-0.39, 0.29) is 25.1 Å². The smallest absolute Gasteiger partial charge is 0.404 e. The molecule has 1 aromatic rings. The minimum atomic E-state index is -0.829. The Hall–Kier alpha value is -0.680. The maximum Gasteiger partial charge on any atom is 0.404 e. The molecule has 0 aromatic heterocycles. The molecule has 0 aliphatic rings. The Morgan fingerprint density at radius 3 is 2.53 bits per heavy atom. The van der Waals surface area contributed by atoms with E-state index < -0.39 is 6.09 Å². The summed E-state index contributed by atoms with van der Waals surface area (Å²) in [6, 6.07) is 4.93. The minimum absolute atomic E-state index is 0. The monoisotopic (exact) mass is 298 g/mol. The number of benzene rings is 1. The fourth-order valence-electron chi connectivity index (χ4n) is 1.22. The predicted octanol–water partition coefficient (Wildman–Crippen LogP) is 2.38. The molecule has 1 rings (SSSR count). The molecule has 0 bridgehead atoms. The van der Waals surface area contributed by atoms with E-state index in [9.17, 15) is 4.79 Å². The van der Waals surface area contributed by atoms with E-state index in [1.54, 1.807) is 12.1 Å². The number of carbonyl (C=O) groups excluding carboxylic acids is 1. The number of hydrogen-bond acceptors (Lipinski definition) is 3. The van der Waals surface area contributed by atoms with Gasteiger partial charge in [-0.3, -0.25) is 0 Å². The summed E-state index contributed by atoms with van der Waals surface area (Å²) in [5.41, 5.74) is 11.5. The third-order valence-corrected chi connectivity index (χ3v) is 2.66. The Balaban J connectivity index is 0.00000256. The molecule has 0 aliphatic heterocycles. The molecule has 0 heterocycles. The lowest BCUT2D eigenvalue weighted by Crippen LogP contribution is -2.31. The van der Waals surface area contributed by atoms with Gasteiger partial charge in [0.25, 0.3) is 0 Å². The third-order valence-electron chi connectivity index (χ3n) is 1.92. The second kappa shape index (κ2) is 7.61. The molecule has 0 aliphatic carbocycles. The molecule has 4 nitrogen and oxygen atoms in total. The van der Waals surface area contributed by atoms with Crippen LogP contribution in [-0.4, -0.2) is 18.7 Å². The number of nitrogens with two attached hydrogens (primary N) is 2. The Morgan fingerprint density at radius 2 is 2.00 bits per heavy atom. The van der Waals surface area contributed by atoms with Gasteiger partial charge in [0.1, 0.15) is 6.61 Å². The summed E-state index contributed by atoms with van der Waals surface area (Å²) in [7, 11) is 0. The highest BCUT2D eigenvalue weighted by Crippen LogP contribution is 2.22. The molecule has 4 N–H and O–H groups in total. The first-order valence-electron chi connectivity index (χ1n) is 4.60. The summed E-state index contributed by atoms with van der Waals surface area (Å²) in [6.07, 6.45) is -0.297. The molecule has 0 fully saturated rings. The van der Waals surface area contributed by atoms with Crippen molar-refractivity contribution in [2.45, 2.75) is 12.5 Å². The van der Waals surface area contributed by atoms with Crippen LogP contribution in [0.15, 0.2) is 18.2 Å². The highest BCUT2D eigenvalue weighted by Gasteiger charge is 2.07. The predicted molar refractivity (Wildman–Crippen MR) is 70.9 cm³/mol. The van der Waals surface area contributed by atoms with Crippen molar-refractivity contribution >= 4 is 41.7 Å². The van der Waals surface area contributed by atoms with Crippen molar-refractivity contribution in [1.29, 1.82) is 0 Å². The van der Waals surface area contributed by atoms with Crippen molar-refractivity contribution in [3.05, 3.63) is 33.8 Å². The molecule has 1 aromatic carbocycles. The molecule has 0 radical (unpaired) electrons. The Labute approximate surface area is 116 Å². The van der Waals surface area contributed by atoms with Crippen LogP contribution >= 0.6 is 35.6 Å². The van der Waals surface area contributed by atoms with Gasteiger partial charge in [-0.05, 0) is 24.1 Å². The summed E-state index contributed by atoms with van der Waals surface area (Å²) in [4.78, 5) is 10.4. The summed E-state index contributed by atoms with van der Waals surface area (Å²) >= 11 is 11.6. The van der Waals surface area contributed by atoms with Gasteiger partial charge in [0.2, 0.25) is 0 Å². The van der Waals surface area contributed by atoms with E-state index in [2.05, 4.69) is 4.74 Å². The standard InChI is InChI=1S/C10H12Cl2N2O2.ClH/c11-8-2-1-6(4-9(8)12)3-7(13)5-16-10(14)15;/h1-2,4,7H,3,5,13H2,(H2,14,15);1H/t7-;/m1./s1. The fourth-order valence-corrected chi connectivity index (χ4v) is 1.54. The lowest BCUT2D eigenvalue weighted by molar-refractivity contribution is 0.149. The molecular formula is C10H13Cl3N2O2. The van der Waals surface area contributed by atoms with Crippen LogP contribution in [0, 0.1) is 0 Å². The molecule has 0 spiro atoms. The van der Waals surface area contributed by atoms with E-state index in [1.165, 1.54) is 0 Å². The molecule has 0 saturated heterocycles. The number of hydrogen-bond donors (Lipinski definition) is 2. The molecule has 96 valence electrons. The SMILES string of the molecule is Cl.NC(=O)OC[C@H](N)Cc1ccc(Cl)c(Cl)c1. The number of ether oxygens (including phenoxy) is 1. The zero-order valence-electron chi connectivity index (χ0n) is 8.86.